The number of hydrogen-bond donors (Lipinski definition) is 2. The molecule has 0 saturated carbocycles. The van der Waals surface area contributed by atoms with Crippen molar-refractivity contribution in [2.75, 3.05) is 11.9 Å². The second-order valence-electron chi connectivity index (χ2n) is 3.81. The fourth-order valence-corrected chi connectivity index (χ4v) is 1.63. The van der Waals surface area contributed by atoms with E-state index in [9.17, 15) is 9.18 Å². The molecule has 0 aliphatic rings. The van der Waals surface area contributed by atoms with Crippen LogP contribution in [-0.4, -0.2) is 12.5 Å². The van der Waals surface area contributed by atoms with Crippen molar-refractivity contribution in [2.24, 2.45) is 5.73 Å². The molecule has 0 heterocycles. The van der Waals surface area contributed by atoms with Crippen LogP contribution in [0.4, 0.5) is 10.1 Å². The molecule has 0 atom stereocenters. The first-order chi connectivity index (χ1) is 8.70. The number of hydrogen-bond acceptors (Lipinski definition) is 2. The fraction of sp³-hybridized carbons (Fsp3) is 0.0714. The second kappa shape index (κ2) is 5.42. The number of halogens is 1. The summed E-state index contributed by atoms with van der Waals surface area (Å²) in [6.07, 6.45) is 0. The monoisotopic (exact) mass is 244 g/mol. The van der Waals surface area contributed by atoms with Crippen molar-refractivity contribution in [2.45, 2.75) is 0 Å². The highest BCUT2D eigenvalue weighted by atomic mass is 19.1. The molecule has 0 aliphatic carbocycles. The minimum absolute atomic E-state index is 0.144. The summed E-state index contributed by atoms with van der Waals surface area (Å²) in [5, 5.41) is 2.40. The van der Waals surface area contributed by atoms with Gasteiger partial charge in [0.1, 0.15) is 5.82 Å². The van der Waals surface area contributed by atoms with Gasteiger partial charge in [0.05, 0.1) is 12.2 Å². The third-order valence-corrected chi connectivity index (χ3v) is 2.54. The second-order valence-corrected chi connectivity index (χ2v) is 3.81. The Morgan fingerprint density at radius 1 is 1.11 bits per heavy atom. The molecule has 0 bridgehead atoms. The van der Waals surface area contributed by atoms with Gasteiger partial charge < -0.3 is 11.1 Å². The van der Waals surface area contributed by atoms with Crippen molar-refractivity contribution in [3.8, 4) is 11.1 Å². The summed E-state index contributed by atoms with van der Waals surface area (Å²) in [4.78, 5) is 11.1. The molecule has 0 aromatic heterocycles. The van der Waals surface area contributed by atoms with Crippen LogP contribution in [-0.2, 0) is 4.79 Å². The van der Waals surface area contributed by atoms with Crippen molar-refractivity contribution in [3.63, 3.8) is 0 Å². The zero-order valence-electron chi connectivity index (χ0n) is 9.69. The molecular formula is C14H13FN2O. The Labute approximate surface area is 104 Å². The summed E-state index contributed by atoms with van der Waals surface area (Å²) in [5.41, 5.74) is 6.99. The van der Waals surface area contributed by atoms with Crippen LogP contribution in [0.1, 0.15) is 0 Å². The molecule has 0 aliphatic heterocycles. The molecule has 3 nitrogen and oxygen atoms in total. The number of nitrogens with two attached hydrogens (primary N) is 1. The molecule has 2 rings (SSSR count). The third kappa shape index (κ3) is 2.73. The van der Waals surface area contributed by atoms with E-state index in [1.165, 1.54) is 12.1 Å². The van der Waals surface area contributed by atoms with Gasteiger partial charge in [0.15, 0.2) is 0 Å². The molecule has 0 fully saturated rings. The van der Waals surface area contributed by atoms with Gasteiger partial charge in [0.25, 0.3) is 0 Å². The Morgan fingerprint density at radius 2 is 1.83 bits per heavy atom. The predicted molar refractivity (Wildman–Crippen MR) is 69.5 cm³/mol. The normalized spacial score (nSPS) is 10.1. The van der Waals surface area contributed by atoms with Gasteiger partial charge in [0, 0.05) is 0 Å². The van der Waals surface area contributed by atoms with Crippen molar-refractivity contribution in [1.29, 1.82) is 0 Å². The van der Waals surface area contributed by atoms with E-state index in [1.54, 1.807) is 6.07 Å². The lowest BCUT2D eigenvalue weighted by atomic mass is 10.1. The van der Waals surface area contributed by atoms with Crippen LogP contribution in [0.5, 0.6) is 0 Å². The van der Waals surface area contributed by atoms with Crippen LogP contribution in [0.15, 0.2) is 48.5 Å². The molecule has 0 unspecified atom stereocenters. The quantitative estimate of drug-likeness (QED) is 0.871. The Hall–Kier alpha value is -2.20. The van der Waals surface area contributed by atoms with E-state index in [0.717, 1.165) is 11.1 Å². The Balaban J connectivity index is 2.28. The van der Waals surface area contributed by atoms with E-state index in [-0.39, 0.29) is 12.2 Å². The first kappa shape index (κ1) is 12.3. The molecule has 1 amide bonds. The molecule has 0 saturated heterocycles. The number of carbonyl (C=O) groups excluding carboxylic acids is 1. The topological polar surface area (TPSA) is 55.1 Å². The zero-order valence-corrected chi connectivity index (χ0v) is 9.69. The van der Waals surface area contributed by atoms with Crippen LogP contribution < -0.4 is 11.1 Å². The van der Waals surface area contributed by atoms with Gasteiger partial charge in [-0.3, -0.25) is 4.79 Å². The van der Waals surface area contributed by atoms with Crippen LogP contribution in [0.25, 0.3) is 11.1 Å². The van der Waals surface area contributed by atoms with Crippen LogP contribution in [0, 0.1) is 5.82 Å². The summed E-state index contributed by atoms with van der Waals surface area (Å²) in [6, 6.07) is 14.1. The third-order valence-electron chi connectivity index (χ3n) is 2.54. The van der Waals surface area contributed by atoms with Crippen molar-refractivity contribution in [1.82, 2.24) is 0 Å². The maximum Gasteiger partial charge on any atom is 0.238 e. The Morgan fingerprint density at radius 3 is 2.44 bits per heavy atom. The Bertz CT molecular complexity index is 555. The number of amides is 1. The number of rotatable bonds is 3. The minimum atomic E-state index is -0.474. The summed E-state index contributed by atoms with van der Waals surface area (Å²) < 4.78 is 13.8. The zero-order chi connectivity index (χ0) is 13.0. The van der Waals surface area contributed by atoms with Crippen molar-refractivity contribution in [3.05, 3.63) is 54.3 Å². The highest BCUT2D eigenvalue weighted by molar-refractivity contribution is 5.92. The van der Waals surface area contributed by atoms with Gasteiger partial charge in [-0.25, -0.2) is 4.39 Å². The number of nitrogens with one attached hydrogen (secondary N) is 1. The largest absolute Gasteiger partial charge is 0.322 e. The van der Waals surface area contributed by atoms with E-state index in [4.69, 9.17) is 5.73 Å². The lowest BCUT2D eigenvalue weighted by molar-refractivity contribution is -0.114. The van der Waals surface area contributed by atoms with Gasteiger partial charge in [-0.15, -0.1) is 0 Å². The standard InChI is InChI=1S/C14H13FN2O/c15-12-8-11(10-4-2-1-3-5-10)6-7-13(12)17-14(18)9-16/h1-8H,9,16H2,(H,17,18). The lowest BCUT2D eigenvalue weighted by Gasteiger charge is -2.07. The predicted octanol–water partition coefficient (Wildman–Crippen LogP) is 2.39. The molecular weight excluding hydrogens is 231 g/mol. The molecule has 3 N–H and O–H groups in total. The van der Waals surface area contributed by atoms with Gasteiger partial charge in [-0.2, -0.15) is 0 Å². The number of anilines is 1. The highest BCUT2D eigenvalue weighted by Gasteiger charge is 2.07. The van der Waals surface area contributed by atoms with Gasteiger partial charge in [-0.05, 0) is 23.3 Å². The first-order valence-electron chi connectivity index (χ1n) is 5.55. The number of benzene rings is 2. The summed E-state index contributed by atoms with van der Waals surface area (Å²) in [5.74, 6) is -0.889. The maximum absolute atomic E-state index is 13.8. The lowest BCUT2D eigenvalue weighted by Crippen LogP contribution is -2.22. The molecule has 4 heteroatoms. The van der Waals surface area contributed by atoms with Crippen molar-refractivity contribution < 1.29 is 9.18 Å². The van der Waals surface area contributed by atoms with E-state index < -0.39 is 11.7 Å². The molecule has 18 heavy (non-hydrogen) atoms. The average Bonchev–Trinajstić information content (AvgIpc) is 2.42. The highest BCUT2D eigenvalue weighted by Crippen LogP contribution is 2.23. The minimum Gasteiger partial charge on any atom is -0.322 e. The average molecular weight is 244 g/mol. The fourth-order valence-electron chi connectivity index (χ4n) is 1.63. The van der Waals surface area contributed by atoms with E-state index >= 15 is 0 Å². The van der Waals surface area contributed by atoms with Gasteiger partial charge >= 0.3 is 0 Å². The van der Waals surface area contributed by atoms with Crippen LogP contribution >= 0.6 is 0 Å². The summed E-state index contributed by atoms with van der Waals surface area (Å²) in [6.45, 7) is -0.167. The smallest absolute Gasteiger partial charge is 0.238 e. The molecule has 2 aromatic carbocycles. The summed E-state index contributed by atoms with van der Waals surface area (Å²) >= 11 is 0. The van der Waals surface area contributed by atoms with Gasteiger partial charge in [0.2, 0.25) is 5.91 Å². The molecule has 0 radical (unpaired) electrons. The van der Waals surface area contributed by atoms with E-state index in [0.29, 0.717) is 0 Å². The molecule has 2 aromatic rings. The van der Waals surface area contributed by atoms with Crippen LogP contribution in [0.2, 0.25) is 0 Å². The van der Waals surface area contributed by atoms with E-state index in [1.807, 2.05) is 30.3 Å². The molecule has 92 valence electrons. The van der Waals surface area contributed by atoms with Gasteiger partial charge in [-0.1, -0.05) is 36.4 Å². The van der Waals surface area contributed by atoms with Crippen molar-refractivity contribution >= 4 is 11.6 Å². The SMILES string of the molecule is NCC(=O)Nc1ccc(-c2ccccc2)cc1F. The first-order valence-corrected chi connectivity index (χ1v) is 5.55. The van der Waals surface area contributed by atoms with E-state index in [2.05, 4.69) is 5.32 Å². The molecule has 0 spiro atoms. The summed E-state index contributed by atoms with van der Waals surface area (Å²) in [7, 11) is 0. The maximum atomic E-state index is 13.8. The number of carbonyl (C=O) groups is 1. The van der Waals surface area contributed by atoms with Crippen LogP contribution in [0.3, 0.4) is 0 Å². The Kier molecular flexibility index (Phi) is 3.69.